The Morgan fingerprint density at radius 1 is 1.19 bits per heavy atom. The van der Waals surface area contributed by atoms with Gasteiger partial charge in [0.1, 0.15) is 12.1 Å². The van der Waals surface area contributed by atoms with E-state index in [1.165, 1.54) is 13.1 Å². The Balaban J connectivity index is 1.84. The van der Waals surface area contributed by atoms with Gasteiger partial charge in [-0.15, -0.1) is 5.10 Å². The Bertz CT molecular complexity index is 1190. The molecule has 0 aliphatic carbocycles. The number of anilines is 1. The van der Waals surface area contributed by atoms with Gasteiger partial charge in [-0.2, -0.15) is 0 Å². The van der Waals surface area contributed by atoms with Gasteiger partial charge in [-0.3, -0.25) is 9.59 Å². The fraction of sp³-hybridized carbons (Fsp3) is 0.176. The first-order valence-electron chi connectivity index (χ1n) is 7.98. The first kappa shape index (κ1) is 18.7. The zero-order valence-corrected chi connectivity index (χ0v) is 15.4. The van der Waals surface area contributed by atoms with Crippen LogP contribution in [0.15, 0.2) is 52.2 Å². The largest absolute Gasteiger partial charge is 0.324 e. The van der Waals surface area contributed by atoms with Crippen molar-refractivity contribution in [2.45, 2.75) is 18.4 Å². The minimum Gasteiger partial charge on any atom is -0.324 e. The Labute approximate surface area is 155 Å². The fourth-order valence-corrected chi connectivity index (χ4v) is 3.53. The summed E-state index contributed by atoms with van der Waals surface area (Å²) < 4.78 is 27.3. The first-order chi connectivity index (χ1) is 12.8. The molecule has 0 saturated carbocycles. The summed E-state index contributed by atoms with van der Waals surface area (Å²) in [6, 6.07) is 11.2. The smallest absolute Gasteiger partial charge is 0.278 e. The summed E-state index contributed by atoms with van der Waals surface area (Å²) in [6.45, 7) is 1.30. The van der Waals surface area contributed by atoms with Crippen molar-refractivity contribution >= 4 is 32.5 Å². The van der Waals surface area contributed by atoms with E-state index in [1.807, 2.05) is 0 Å². The van der Waals surface area contributed by atoms with Gasteiger partial charge in [0.25, 0.3) is 5.56 Å². The molecule has 0 aliphatic heterocycles. The summed E-state index contributed by atoms with van der Waals surface area (Å²) in [5.74, 6) is -0.529. The second-order valence-electron chi connectivity index (χ2n) is 5.81. The molecule has 0 aliphatic rings. The standard InChI is InChI=1S/C17H17N5O4S/c1-11-7-8-12(9-15(11)27(25,26)18-2)19-16(23)10-22-17(24)13-5-3-4-6-14(13)20-21-22/h3-9,18H,10H2,1-2H3,(H,19,23). The average Bonchev–Trinajstić information content (AvgIpc) is 2.65. The van der Waals surface area contributed by atoms with Crippen LogP contribution in [0.5, 0.6) is 0 Å². The highest BCUT2D eigenvalue weighted by molar-refractivity contribution is 7.89. The van der Waals surface area contributed by atoms with E-state index in [9.17, 15) is 18.0 Å². The lowest BCUT2D eigenvalue weighted by Crippen LogP contribution is -2.30. The van der Waals surface area contributed by atoms with E-state index in [4.69, 9.17) is 0 Å². The van der Waals surface area contributed by atoms with Gasteiger partial charge in [-0.05, 0) is 43.8 Å². The lowest BCUT2D eigenvalue weighted by Gasteiger charge is -2.11. The third-order valence-corrected chi connectivity index (χ3v) is 5.51. The lowest BCUT2D eigenvalue weighted by molar-refractivity contribution is -0.117. The summed E-state index contributed by atoms with van der Waals surface area (Å²) in [7, 11) is -2.35. The van der Waals surface area contributed by atoms with Crippen LogP contribution in [0.3, 0.4) is 0 Å². The first-order valence-corrected chi connectivity index (χ1v) is 9.47. The number of hydrogen-bond acceptors (Lipinski definition) is 6. The number of nitrogens with zero attached hydrogens (tertiary/aromatic N) is 3. The normalized spacial score (nSPS) is 11.5. The number of rotatable bonds is 5. The molecular weight excluding hydrogens is 370 g/mol. The molecule has 2 N–H and O–H groups in total. The Morgan fingerprint density at radius 3 is 2.67 bits per heavy atom. The number of fused-ring (bicyclic) bond motifs is 1. The third-order valence-electron chi connectivity index (χ3n) is 3.95. The van der Waals surface area contributed by atoms with Crippen LogP contribution in [0.4, 0.5) is 5.69 Å². The molecule has 140 valence electrons. The highest BCUT2D eigenvalue weighted by Gasteiger charge is 2.16. The number of benzene rings is 2. The maximum absolute atomic E-state index is 12.4. The molecule has 9 nitrogen and oxygen atoms in total. The lowest BCUT2D eigenvalue weighted by atomic mass is 10.2. The number of sulfonamides is 1. The summed E-state index contributed by atoms with van der Waals surface area (Å²) in [5.41, 5.74) is 0.845. The Morgan fingerprint density at radius 2 is 1.93 bits per heavy atom. The van der Waals surface area contributed by atoms with Crippen molar-refractivity contribution in [3.63, 3.8) is 0 Å². The molecular formula is C17H17N5O4S. The second kappa shape index (κ2) is 7.25. The summed E-state index contributed by atoms with van der Waals surface area (Å²) in [4.78, 5) is 24.7. The molecule has 2 aromatic carbocycles. The summed E-state index contributed by atoms with van der Waals surface area (Å²) in [6.07, 6.45) is 0. The Kier molecular flexibility index (Phi) is 5.02. The zero-order valence-electron chi connectivity index (χ0n) is 14.6. The topological polar surface area (TPSA) is 123 Å². The van der Waals surface area contributed by atoms with Gasteiger partial charge in [-0.25, -0.2) is 17.8 Å². The molecule has 0 unspecified atom stereocenters. The summed E-state index contributed by atoms with van der Waals surface area (Å²) in [5, 5.41) is 10.6. The number of amides is 1. The van der Waals surface area contributed by atoms with Crippen molar-refractivity contribution in [1.29, 1.82) is 0 Å². The molecule has 3 rings (SSSR count). The zero-order chi connectivity index (χ0) is 19.6. The van der Waals surface area contributed by atoms with Gasteiger partial charge in [0.15, 0.2) is 0 Å². The molecule has 0 spiro atoms. The van der Waals surface area contributed by atoms with Crippen molar-refractivity contribution in [3.8, 4) is 0 Å². The van der Waals surface area contributed by atoms with E-state index < -0.39 is 21.5 Å². The van der Waals surface area contributed by atoms with E-state index in [0.29, 0.717) is 22.2 Å². The molecule has 1 amide bonds. The average molecular weight is 387 g/mol. The fourth-order valence-electron chi connectivity index (χ4n) is 2.54. The van der Waals surface area contributed by atoms with Crippen LogP contribution in [-0.2, 0) is 21.4 Å². The van der Waals surface area contributed by atoms with Gasteiger partial charge < -0.3 is 5.32 Å². The van der Waals surface area contributed by atoms with Crippen LogP contribution in [0.1, 0.15) is 5.56 Å². The molecule has 0 fully saturated rings. The number of aryl methyl sites for hydroxylation is 1. The highest BCUT2D eigenvalue weighted by atomic mass is 32.2. The minimum absolute atomic E-state index is 0.0606. The number of aromatic nitrogens is 3. The van der Waals surface area contributed by atoms with Crippen LogP contribution in [0, 0.1) is 6.92 Å². The molecule has 0 bridgehead atoms. The molecule has 10 heteroatoms. The van der Waals surface area contributed by atoms with E-state index in [2.05, 4.69) is 20.4 Å². The molecule has 0 saturated heterocycles. The number of nitrogens with one attached hydrogen (secondary N) is 2. The van der Waals surface area contributed by atoms with Crippen LogP contribution in [0.25, 0.3) is 10.9 Å². The van der Waals surface area contributed by atoms with Crippen LogP contribution >= 0.6 is 0 Å². The predicted molar refractivity (Wildman–Crippen MR) is 99.9 cm³/mol. The third kappa shape index (κ3) is 3.86. The van der Waals surface area contributed by atoms with Gasteiger partial charge in [0.05, 0.1) is 10.3 Å². The maximum atomic E-state index is 12.4. The van der Waals surface area contributed by atoms with Gasteiger partial charge in [0.2, 0.25) is 15.9 Å². The molecule has 27 heavy (non-hydrogen) atoms. The number of carbonyl (C=O) groups excluding carboxylic acids is 1. The summed E-state index contributed by atoms with van der Waals surface area (Å²) >= 11 is 0. The second-order valence-corrected chi connectivity index (χ2v) is 7.66. The van der Waals surface area contributed by atoms with Gasteiger partial charge in [0, 0.05) is 5.69 Å². The SMILES string of the molecule is CNS(=O)(=O)c1cc(NC(=O)Cn2nnc3ccccc3c2=O)ccc1C. The van der Waals surface area contributed by atoms with Crippen LogP contribution < -0.4 is 15.6 Å². The quantitative estimate of drug-likeness (QED) is 0.662. The number of hydrogen-bond donors (Lipinski definition) is 2. The number of carbonyl (C=O) groups is 1. The van der Waals surface area contributed by atoms with Gasteiger partial charge >= 0.3 is 0 Å². The van der Waals surface area contributed by atoms with Crippen molar-refractivity contribution in [2.24, 2.45) is 0 Å². The molecule has 0 radical (unpaired) electrons. The van der Waals surface area contributed by atoms with E-state index >= 15 is 0 Å². The maximum Gasteiger partial charge on any atom is 0.278 e. The van der Waals surface area contributed by atoms with E-state index in [1.54, 1.807) is 43.3 Å². The Hall–Kier alpha value is -3.11. The molecule has 1 heterocycles. The van der Waals surface area contributed by atoms with Crippen molar-refractivity contribution in [1.82, 2.24) is 19.7 Å². The highest BCUT2D eigenvalue weighted by Crippen LogP contribution is 2.19. The van der Waals surface area contributed by atoms with Crippen LogP contribution in [0.2, 0.25) is 0 Å². The van der Waals surface area contributed by atoms with Gasteiger partial charge in [-0.1, -0.05) is 23.4 Å². The molecule has 1 aromatic heterocycles. The molecule has 0 atom stereocenters. The predicted octanol–water partition coefficient (Wildman–Crippen LogP) is 0.647. The molecule has 3 aromatic rings. The van der Waals surface area contributed by atoms with Crippen LogP contribution in [-0.4, -0.2) is 36.4 Å². The van der Waals surface area contributed by atoms with Crippen molar-refractivity contribution in [3.05, 3.63) is 58.4 Å². The van der Waals surface area contributed by atoms with Crippen molar-refractivity contribution in [2.75, 3.05) is 12.4 Å². The minimum atomic E-state index is -3.66. The van der Waals surface area contributed by atoms with Crippen molar-refractivity contribution < 1.29 is 13.2 Å². The monoisotopic (exact) mass is 387 g/mol. The van der Waals surface area contributed by atoms with E-state index in [0.717, 1.165) is 4.68 Å². The van der Waals surface area contributed by atoms with E-state index in [-0.39, 0.29) is 11.4 Å².